The first-order chi connectivity index (χ1) is 8.60. The summed E-state index contributed by atoms with van der Waals surface area (Å²) in [5.41, 5.74) is 0. The van der Waals surface area contributed by atoms with Gasteiger partial charge in [0.2, 0.25) is 0 Å². The molecular formula is C13H21BrN4. The smallest absolute Gasteiger partial charge is 0.133 e. The molecule has 1 aliphatic heterocycles. The van der Waals surface area contributed by atoms with Gasteiger partial charge in [-0.25, -0.2) is 9.97 Å². The third-order valence-corrected chi connectivity index (χ3v) is 3.79. The molecule has 4 nitrogen and oxygen atoms in total. The Morgan fingerprint density at radius 1 is 1.39 bits per heavy atom. The van der Waals surface area contributed by atoms with E-state index in [1.54, 1.807) is 0 Å². The van der Waals surface area contributed by atoms with Crippen molar-refractivity contribution >= 4 is 21.7 Å². The van der Waals surface area contributed by atoms with Crippen LogP contribution in [0, 0.1) is 0 Å². The van der Waals surface area contributed by atoms with Crippen LogP contribution < -0.4 is 4.90 Å². The van der Waals surface area contributed by atoms with Gasteiger partial charge >= 0.3 is 0 Å². The van der Waals surface area contributed by atoms with Crippen molar-refractivity contribution in [1.29, 1.82) is 0 Å². The number of halogens is 1. The number of rotatable bonds is 2. The molecule has 0 aromatic carbocycles. The Morgan fingerprint density at radius 3 is 2.89 bits per heavy atom. The van der Waals surface area contributed by atoms with Crippen molar-refractivity contribution in [3.05, 3.63) is 16.5 Å². The maximum atomic E-state index is 4.66. The maximum absolute atomic E-state index is 4.66. The molecule has 0 amide bonds. The number of hydrogen-bond acceptors (Lipinski definition) is 4. The van der Waals surface area contributed by atoms with Crippen molar-refractivity contribution < 1.29 is 0 Å². The Kier molecular flexibility index (Phi) is 4.56. The third kappa shape index (κ3) is 3.20. The zero-order valence-electron chi connectivity index (χ0n) is 11.4. The molecule has 0 spiro atoms. The van der Waals surface area contributed by atoms with E-state index < -0.39 is 0 Å². The Hall–Kier alpha value is -0.680. The molecule has 0 bridgehead atoms. The van der Waals surface area contributed by atoms with Crippen LogP contribution in [0.3, 0.4) is 0 Å². The Bertz CT molecular complexity index is 410. The van der Waals surface area contributed by atoms with Crippen LogP contribution >= 0.6 is 15.9 Å². The van der Waals surface area contributed by atoms with Crippen LogP contribution in [0.5, 0.6) is 0 Å². The lowest BCUT2D eigenvalue weighted by atomic mass is 10.2. The van der Waals surface area contributed by atoms with Crippen molar-refractivity contribution in [2.24, 2.45) is 0 Å². The molecule has 5 heteroatoms. The highest BCUT2D eigenvalue weighted by atomic mass is 79.9. The van der Waals surface area contributed by atoms with Crippen LogP contribution in [-0.2, 0) is 6.42 Å². The molecule has 1 unspecified atom stereocenters. The first kappa shape index (κ1) is 13.7. The molecule has 0 aliphatic carbocycles. The minimum atomic E-state index is 0.490. The summed E-state index contributed by atoms with van der Waals surface area (Å²) in [5.74, 6) is 1.96. The van der Waals surface area contributed by atoms with E-state index in [2.05, 4.69) is 56.6 Å². The van der Waals surface area contributed by atoms with Crippen LogP contribution in [0.2, 0.25) is 0 Å². The number of hydrogen-bond donors (Lipinski definition) is 0. The molecule has 0 saturated carbocycles. The van der Waals surface area contributed by atoms with Gasteiger partial charge in [0.15, 0.2) is 0 Å². The summed E-state index contributed by atoms with van der Waals surface area (Å²) < 4.78 is 0.883. The lowest BCUT2D eigenvalue weighted by Gasteiger charge is -2.29. The summed E-state index contributed by atoms with van der Waals surface area (Å²) >= 11 is 3.48. The predicted molar refractivity (Wildman–Crippen MR) is 78.0 cm³/mol. The van der Waals surface area contributed by atoms with Crippen LogP contribution in [0.15, 0.2) is 10.7 Å². The fourth-order valence-corrected chi connectivity index (χ4v) is 2.88. The van der Waals surface area contributed by atoms with Crippen molar-refractivity contribution in [3.8, 4) is 0 Å². The second-order valence-electron chi connectivity index (χ2n) is 4.98. The second kappa shape index (κ2) is 5.97. The Morgan fingerprint density at radius 2 is 2.17 bits per heavy atom. The van der Waals surface area contributed by atoms with Crippen molar-refractivity contribution in [2.45, 2.75) is 32.7 Å². The molecule has 100 valence electrons. The van der Waals surface area contributed by atoms with E-state index in [0.717, 1.165) is 42.3 Å². The van der Waals surface area contributed by atoms with Gasteiger partial charge < -0.3 is 9.80 Å². The van der Waals surface area contributed by atoms with Crippen LogP contribution in [-0.4, -0.2) is 47.6 Å². The highest BCUT2D eigenvalue weighted by Crippen LogP contribution is 2.21. The van der Waals surface area contributed by atoms with E-state index >= 15 is 0 Å². The van der Waals surface area contributed by atoms with Gasteiger partial charge in [0.1, 0.15) is 16.2 Å². The van der Waals surface area contributed by atoms with Crippen molar-refractivity contribution in [1.82, 2.24) is 14.9 Å². The maximum Gasteiger partial charge on any atom is 0.133 e. The highest BCUT2D eigenvalue weighted by molar-refractivity contribution is 9.10. The standard InChI is InChI=1S/C13H21BrN4/c1-4-12-15-11(14)8-13(16-12)18-7-5-6-17(3)9-10(18)2/h8,10H,4-7,9H2,1-3H3. The third-order valence-electron chi connectivity index (χ3n) is 3.38. The largest absolute Gasteiger partial charge is 0.352 e. The van der Waals surface area contributed by atoms with Crippen LogP contribution in [0.4, 0.5) is 5.82 Å². The van der Waals surface area contributed by atoms with Gasteiger partial charge in [-0.2, -0.15) is 0 Å². The average Bonchev–Trinajstić information content (AvgIpc) is 2.49. The monoisotopic (exact) mass is 312 g/mol. The number of nitrogens with zero attached hydrogens (tertiary/aromatic N) is 4. The van der Waals surface area contributed by atoms with E-state index in [-0.39, 0.29) is 0 Å². The first-order valence-corrected chi connectivity index (χ1v) is 7.38. The molecule has 1 aromatic rings. The van der Waals surface area contributed by atoms with Gasteiger partial charge in [-0.3, -0.25) is 0 Å². The molecule has 0 N–H and O–H groups in total. The van der Waals surface area contributed by atoms with Crippen molar-refractivity contribution in [2.75, 3.05) is 31.6 Å². The molecule has 2 heterocycles. The molecule has 2 rings (SSSR count). The molecular weight excluding hydrogens is 292 g/mol. The SMILES string of the molecule is CCc1nc(Br)cc(N2CCCN(C)CC2C)n1. The summed E-state index contributed by atoms with van der Waals surface area (Å²) in [6.07, 6.45) is 2.05. The fourth-order valence-electron chi connectivity index (χ4n) is 2.47. The van der Waals surface area contributed by atoms with E-state index in [9.17, 15) is 0 Å². The quantitative estimate of drug-likeness (QED) is 0.785. The van der Waals surface area contributed by atoms with E-state index in [0.29, 0.717) is 6.04 Å². The summed E-state index contributed by atoms with van der Waals surface area (Å²) in [6, 6.07) is 2.52. The minimum Gasteiger partial charge on any atom is -0.352 e. The predicted octanol–water partition coefficient (Wildman–Crippen LogP) is 2.33. The molecule has 1 atom stereocenters. The molecule has 1 aromatic heterocycles. The van der Waals surface area contributed by atoms with Crippen LogP contribution in [0.25, 0.3) is 0 Å². The summed E-state index contributed by atoms with van der Waals surface area (Å²) in [6.45, 7) is 7.67. The Balaban J connectivity index is 2.26. The summed E-state index contributed by atoms with van der Waals surface area (Å²) in [7, 11) is 2.19. The molecule has 18 heavy (non-hydrogen) atoms. The fraction of sp³-hybridized carbons (Fsp3) is 0.692. The lowest BCUT2D eigenvalue weighted by Crippen LogP contribution is -2.38. The molecule has 1 saturated heterocycles. The number of aryl methyl sites for hydroxylation is 1. The Labute approximate surface area is 118 Å². The minimum absolute atomic E-state index is 0.490. The van der Waals surface area contributed by atoms with Gasteiger partial charge in [-0.05, 0) is 42.9 Å². The second-order valence-corrected chi connectivity index (χ2v) is 5.79. The number of likely N-dealkylation sites (N-methyl/N-ethyl adjacent to an activating group) is 1. The normalized spacial score (nSPS) is 22.0. The summed E-state index contributed by atoms with van der Waals surface area (Å²) in [4.78, 5) is 13.8. The topological polar surface area (TPSA) is 32.3 Å². The average molecular weight is 313 g/mol. The van der Waals surface area contributed by atoms with E-state index in [1.165, 1.54) is 6.42 Å². The van der Waals surface area contributed by atoms with Gasteiger partial charge in [0.25, 0.3) is 0 Å². The number of anilines is 1. The van der Waals surface area contributed by atoms with Crippen LogP contribution in [0.1, 0.15) is 26.1 Å². The first-order valence-electron chi connectivity index (χ1n) is 6.58. The highest BCUT2D eigenvalue weighted by Gasteiger charge is 2.21. The zero-order chi connectivity index (χ0) is 13.1. The van der Waals surface area contributed by atoms with Gasteiger partial charge in [-0.1, -0.05) is 6.92 Å². The van der Waals surface area contributed by atoms with Crippen molar-refractivity contribution in [3.63, 3.8) is 0 Å². The molecule has 0 radical (unpaired) electrons. The summed E-state index contributed by atoms with van der Waals surface area (Å²) in [5, 5.41) is 0. The van der Waals surface area contributed by atoms with Gasteiger partial charge in [0.05, 0.1) is 0 Å². The zero-order valence-corrected chi connectivity index (χ0v) is 12.9. The van der Waals surface area contributed by atoms with Gasteiger partial charge in [0, 0.05) is 31.6 Å². The van der Waals surface area contributed by atoms with Gasteiger partial charge in [-0.15, -0.1) is 0 Å². The lowest BCUT2D eigenvalue weighted by molar-refractivity contribution is 0.337. The van der Waals surface area contributed by atoms with E-state index in [4.69, 9.17) is 0 Å². The molecule has 1 fully saturated rings. The molecule has 1 aliphatic rings. The number of aromatic nitrogens is 2. The van der Waals surface area contributed by atoms with E-state index in [1.807, 2.05) is 6.07 Å².